The number of anilines is 1. The van der Waals surface area contributed by atoms with Crippen molar-refractivity contribution in [1.29, 1.82) is 0 Å². The minimum Gasteiger partial charge on any atom is -0.392 e. The van der Waals surface area contributed by atoms with Gasteiger partial charge in [-0.1, -0.05) is 6.07 Å². The summed E-state index contributed by atoms with van der Waals surface area (Å²) in [4.78, 5) is 6.78. The highest BCUT2D eigenvalue weighted by Gasteiger charge is 2.31. The zero-order valence-corrected chi connectivity index (χ0v) is 10.3. The summed E-state index contributed by atoms with van der Waals surface area (Å²) in [5, 5.41) is 9.10. The van der Waals surface area contributed by atoms with Crippen LogP contribution in [0.5, 0.6) is 0 Å². The molecule has 1 atom stereocenters. The van der Waals surface area contributed by atoms with Crippen LogP contribution in [-0.4, -0.2) is 23.2 Å². The third-order valence-corrected chi connectivity index (χ3v) is 3.63. The second kappa shape index (κ2) is 4.42. The molecule has 88 valence electrons. The van der Waals surface area contributed by atoms with Crippen LogP contribution in [0.2, 0.25) is 0 Å². The molecule has 2 rings (SSSR count). The van der Waals surface area contributed by atoms with Crippen LogP contribution in [-0.2, 0) is 6.61 Å². The van der Waals surface area contributed by atoms with Crippen molar-refractivity contribution < 1.29 is 5.11 Å². The number of pyridine rings is 1. The van der Waals surface area contributed by atoms with Gasteiger partial charge in [-0.3, -0.25) is 0 Å². The van der Waals surface area contributed by atoms with Gasteiger partial charge >= 0.3 is 0 Å². The minimum atomic E-state index is 0.0704. The molecule has 1 aliphatic rings. The van der Waals surface area contributed by atoms with Gasteiger partial charge in [0.1, 0.15) is 5.82 Å². The average molecular weight is 220 g/mol. The summed E-state index contributed by atoms with van der Waals surface area (Å²) in [5.74, 6) is 1.85. The number of aliphatic hydroxyl groups excluding tert-OH is 1. The van der Waals surface area contributed by atoms with E-state index >= 15 is 0 Å². The Labute approximate surface area is 97.1 Å². The number of aromatic nitrogens is 1. The highest BCUT2D eigenvalue weighted by molar-refractivity contribution is 5.42. The van der Waals surface area contributed by atoms with Gasteiger partial charge in [0.15, 0.2) is 0 Å². The van der Waals surface area contributed by atoms with Crippen LogP contribution < -0.4 is 4.90 Å². The lowest BCUT2D eigenvalue weighted by molar-refractivity contribution is 0.280. The molecule has 0 aliphatic heterocycles. The first kappa shape index (κ1) is 11.4. The van der Waals surface area contributed by atoms with Gasteiger partial charge in [-0.25, -0.2) is 4.98 Å². The zero-order chi connectivity index (χ0) is 11.7. The van der Waals surface area contributed by atoms with E-state index in [0.29, 0.717) is 6.04 Å². The van der Waals surface area contributed by atoms with E-state index in [1.807, 2.05) is 19.1 Å². The van der Waals surface area contributed by atoms with E-state index in [1.165, 1.54) is 12.8 Å². The Morgan fingerprint density at radius 1 is 1.50 bits per heavy atom. The molecule has 0 amide bonds. The van der Waals surface area contributed by atoms with Gasteiger partial charge in [-0.15, -0.1) is 0 Å². The van der Waals surface area contributed by atoms with E-state index in [-0.39, 0.29) is 6.61 Å². The Balaban J connectivity index is 2.16. The Hall–Kier alpha value is -1.09. The van der Waals surface area contributed by atoms with Gasteiger partial charge < -0.3 is 10.0 Å². The normalized spacial score (nSPS) is 17.2. The Morgan fingerprint density at radius 2 is 2.19 bits per heavy atom. The second-order valence-electron chi connectivity index (χ2n) is 4.76. The molecular weight excluding hydrogens is 200 g/mol. The fourth-order valence-electron chi connectivity index (χ4n) is 2.04. The minimum absolute atomic E-state index is 0.0704. The number of rotatable bonds is 4. The molecule has 1 fully saturated rings. The van der Waals surface area contributed by atoms with E-state index in [0.717, 1.165) is 23.0 Å². The predicted octanol–water partition coefficient (Wildman–Crippen LogP) is 2.12. The lowest BCUT2D eigenvalue weighted by Crippen LogP contribution is -2.31. The molecule has 0 saturated heterocycles. The van der Waals surface area contributed by atoms with Crippen LogP contribution in [0.15, 0.2) is 12.1 Å². The number of aryl methyl sites for hydroxylation is 1. The fraction of sp³-hybridized carbons (Fsp3) is 0.615. The largest absolute Gasteiger partial charge is 0.392 e. The van der Waals surface area contributed by atoms with Gasteiger partial charge in [-0.05, 0) is 44.2 Å². The van der Waals surface area contributed by atoms with Gasteiger partial charge in [0.05, 0.1) is 6.61 Å². The zero-order valence-electron chi connectivity index (χ0n) is 10.3. The Bertz CT molecular complexity index is 374. The van der Waals surface area contributed by atoms with Crippen LogP contribution in [0.25, 0.3) is 0 Å². The standard InChI is InChI=1S/C13H20N2O/c1-9-12(8-16)6-7-13(14-9)15(3)10(2)11-4-5-11/h6-7,10-11,16H,4-5,8H2,1-3H3. The fourth-order valence-corrected chi connectivity index (χ4v) is 2.04. The maximum atomic E-state index is 9.10. The van der Waals surface area contributed by atoms with E-state index in [4.69, 9.17) is 5.11 Å². The molecule has 1 aromatic rings. The van der Waals surface area contributed by atoms with E-state index < -0.39 is 0 Å². The number of aliphatic hydroxyl groups is 1. The SMILES string of the molecule is Cc1nc(N(C)C(C)C2CC2)ccc1CO. The smallest absolute Gasteiger partial charge is 0.128 e. The molecule has 1 saturated carbocycles. The second-order valence-corrected chi connectivity index (χ2v) is 4.76. The number of hydrogen-bond donors (Lipinski definition) is 1. The first-order chi connectivity index (χ1) is 7.63. The molecule has 3 nitrogen and oxygen atoms in total. The molecule has 16 heavy (non-hydrogen) atoms. The Kier molecular flexibility index (Phi) is 3.15. The molecule has 0 bridgehead atoms. The lowest BCUT2D eigenvalue weighted by atomic mass is 10.1. The van der Waals surface area contributed by atoms with Crippen LogP contribution in [0, 0.1) is 12.8 Å². The molecule has 0 aromatic carbocycles. The lowest BCUT2D eigenvalue weighted by Gasteiger charge is -2.26. The topological polar surface area (TPSA) is 36.4 Å². The first-order valence-corrected chi connectivity index (χ1v) is 5.93. The van der Waals surface area contributed by atoms with E-state index in [1.54, 1.807) is 0 Å². The summed E-state index contributed by atoms with van der Waals surface area (Å²) in [6.07, 6.45) is 2.69. The first-order valence-electron chi connectivity index (χ1n) is 5.93. The van der Waals surface area contributed by atoms with Crippen LogP contribution in [0.1, 0.15) is 31.0 Å². The summed E-state index contributed by atoms with van der Waals surface area (Å²) in [5.41, 5.74) is 1.84. The van der Waals surface area contributed by atoms with Gasteiger partial charge in [0, 0.05) is 18.8 Å². The van der Waals surface area contributed by atoms with Crippen molar-refractivity contribution in [3.8, 4) is 0 Å². The predicted molar refractivity (Wildman–Crippen MR) is 65.5 cm³/mol. The average Bonchev–Trinajstić information content (AvgIpc) is 3.11. The van der Waals surface area contributed by atoms with Gasteiger partial charge in [0.25, 0.3) is 0 Å². The number of nitrogens with zero attached hydrogens (tertiary/aromatic N) is 2. The number of hydrogen-bond acceptors (Lipinski definition) is 3. The molecule has 1 aliphatic carbocycles. The molecule has 3 heteroatoms. The Morgan fingerprint density at radius 3 is 2.69 bits per heavy atom. The van der Waals surface area contributed by atoms with Gasteiger partial charge in [0.2, 0.25) is 0 Å². The van der Waals surface area contributed by atoms with E-state index in [9.17, 15) is 0 Å². The third-order valence-electron chi connectivity index (χ3n) is 3.63. The van der Waals surface area contributed by atoms with Crippen molar-refractivity contribution in [3.63, 3.8) is 0 Å². The highest BCUT2D eigenvalue weighted by Crippen LogP contribution is 2.35. The highest BCUT2D eigenvalue weighted by atomic mass is 16.3. The molecule has 1 N–H and O–H groups in total. The molecule has 1 unspecified atom stereocenters. The molecule has 0 radical (unpaired) electrons. The van der Waals surface area contributed by atoms with Crippen LogP contribution in [0.4, 0.5) is 5.82 Å². The maximum absolute atomic E-state index is 9.10. The van der Waals surface area contributed by atoms with Crippen LogP contribution >= 0.6 is 0 Å². The van der Waals surface area contributed by atoms with Crippen molar-refractivity contribution in [2.24, 2.45) is 5.92 Å². The van der Waals surface area contributed by atoms with Crippen LogP contribution in [0.3, 0.4) is 0 Å². The third kappa shape index (κ3) is 2.19. The molecular formula is C13H20N2O. The maximum Gasteiger partial charge on any atom is 0.128 e. The van der Waals surface area contributed by atoms with Crippen molar-refractivity contribution in [3.05, 3.63) is 23.4 Å². The van der Waals surface area contributed by atoms with Gasteiger partial charge in [-0.2, -0.15) is 0 Å². The molecule has 1 aromatic heterocycles. The summed E-state index contributed by atoms with van der Waals surface area (Å²) in [6, 6.07) is 4.53. The summed E-state index contributed by atoms with van der Waals surface area (Å²) >= 11 is 0. The molecule has 1 heterocycles. The van der Waals surface area contributed by atoms with E-state index in [2.05, 4.69) is 23.9 Å². The summed E-state index contributed by atoms with van der Waals surface area (Å²) in [7, 11) is 2.10. The summed E-state index contributed by atoms with van der Waals surface area (Å²) in [6.45, 7) is 4.28. The van der Waals surface area contributed by atoms with Crippen molar-refractivity contribution >= 4 is 5.82 Å². The monoisotopic (exact) mass is 220 g/mol. The molecule has 0 spiro atoms. The van der Waals surface area contributed by atoms with Crippen molar-refractivity contribution in [2.45, 2.75) is 39.3 Å². The van der Waals surface area contributed by atoms with Crippen molar-refractivity contribution in [2.75, 3.05) is 11.9 Å². The quantitative estimate of drug-likeness (QED) is 0.844. The summed E-state index contributed by atoms with van der Waals surface area (Å²) < 4.78 is 0. The van der Waals surface area contributed by atoms with Crippen molar-refractivity contribution in [1.82, 2.24) is 4.98 Å².